The summed E-state index contributed by atoms with van der Waals surface area (Å²) in [7, 11) is 0. The Morgan fingerprint density at radius 1 is 1.05 bits per heavy atom. The van der Waals surface area contributed by atoms with Crippen molar-refractivity contribution >= 4 is 0 Å². The molecule has 0 bridgehead atoms. The van der Waals surface area contributed by atoms with Crippen molar-refractivity contribution in [2.24, 2.45) is 0 Å². The summed E-state index contributed by atoms with van der Waals surface area (Å²) in [6, 6.07) is 11.1. The van der Waals surface area contributed by atoms with Crippen molar-refractivity contribution in [1.29, 1.82) is 0 Å². The molecule has 2 aromatic carbocycles. The van der Waals surface area contributed by atoms with Crippen LogP contribution in [0.5, 0.6) is 5.75 Å². The van der Waals surface area contributed by atoms with Crippen LogP contribution in [0.1, 0.15) is 24.5 Å². The first-order chi connectivity index (χ1) is 10.5. The molecule has 0 aromatic heterocycles. The second-order valence-electron chi connectivity index (χ2n) is 5.55. The van der Waals surface area contributed by atoms with Crippen LogP contribution in [0, 0.1) is 11.6 Å². The topological polar surface area (TPSA) is 32.3 Å². The second kappa shape index (κ2) is 7.90. The van der Waals surface area contributed by atoms with Gasteiger partial charge >= 0.3 is 0 Å². The summed E-state index contributed by atoms with van der Waals surface area (Å²) in [5, 5.41) is 12.5. The maximum Gasteiger partial charge on any atom is 0.130 e. The zero-order chi connectivity index (χ0) is 15.9. The first kappa shape index (κ1) is 16.4. The Balaban J connectivity index is 1.71. The van der Waals surface area contributed by atoms with Crippen molar-refractivity contribution in [3.63, 3.8) is 0 Å². The van der Waals surface area contributed by atoms with E-state index in [2.05, 4.69) is 12.2 Å². The molecule has 2 rings (SSSR count). The number of phenolic OH excluding ortho intramolecular Hbond substituents is 1. The number of hydrogen-bond acceptors (Lipinski definition) is 2. The molecule has 0 spiro atoms. The van der Waals surface area contributed by atoms with Gasteiger partial charge in [0.15, 0.2) is 0 Å². The lowest BCUT2D eigenvalue weighted by molar-refractivity contribution is 0.466. The Labute approximate surface area is 129 Å². The SMILES string of the molecule is CC(CCc1ccc(F)cc1)NCCc1ccc(O)cc1F. The molecule has 2 aromatic rings. The molecule has 0 saturated carbocycles. The predicted octanol–water partition coefficient (Wildman–Crippen LogP) is 3.82. The molecule has 0 aliphatic heterocycles. The highest BCUT2D eigenvalue weighted by Gasteiger charge is 2.05. The average Bonchev–Trinajstić information content (AvgIpc) is 2.49. The van der Waals surface area contributed by atoms with Gasteiger partial charge in [0, 0.05) is 12.1 Å². The third-order valence-corrected chi connectivity index (χ3v) is 3.70. The highest BCUT2D eigenvalue weighted by molar-refractivity contribution is 5.27. The smallest absolute Gasteiger partial charge is 0.130 e. The van der Waals surface area contributed by atoms with Gasteiger partial charge in [-0.25, -0.2) is 8.78 Å². The number of benzene rings is 2. The van der Waals surface area contributed by atoms with Crippen LogP contribution < -0.4 is 5.32 Å². The van der Waals surface area contributed by atoms with Crippen molar-refractivity contribution in [2.45, 2.75) is 32.2 Å². The molecule has 22 heavy (non-hydrogen) atoms. The van der Waals surface area contributed by atoms with E-state index in [-0.39, 0.29) is 17.4 Å². The second-order valence-corrected chi connectivity index (χ2v) is 5.55. The fourth-order valence-corrected chi connectivity index (χ4v) is 2.33. The first-order valence-corrected chi connectivity index (χ1v) is 7.50. The summed E-state index contributed by atoms with van der Waals surface area (Å²) >= 11 is 0. The third kappa shape index (κ3) is 5.11. The van der Waals surface area contributed by atoms with Gasteiger partial charge in [-0.05, 0) is 62.1 Å². The van der Waals surface area contributed by atoms with Crippen LogP contribution in [0.3, 0.4) is 0 Å². The molecule has 118 valence electrons. The maximum absolute atomic E-state index is 13.6. The zero-order valence-electron chi connectivity index (χ0n) is 12.7. The number of halogens is 2. The summed E-state index contributed by atoms with van der Waals surface area (Å²) in [5.41, 5.74) is 1.70. The van der Waals surface area contributed by atoms with E-state index in [1.807, 2.05) is 0 Å². The van der Waals surface area contributed by atoms with Crippen molar-refractivity contribution in [3.8, 4) is 5.75 Å². The highest BCUT2D eigenvalue weighted by atomic mass is 19.1. The van der Waals surface area contributed by atoms with Crippen LogP contribution in [0.25, 0.3) is 0 Å². The summed E-state index contributed by atoms with van der Waals surface area (Å²) < 4.78 is 26.4. The maximum atomic E-state index is 13.6. The molecule has 0 aliphatic rings. The van der Waals surface area contributed by atoms with Gasteiger partial charge in [-0.3, -0.25) is 0 Å². The zero-order valence-corrected chi connectivity index (χ0v) is 12.7. The van der Waals surface area contributed by atoms with Gasteiger partial charge < -0.3 is 10.4 Å². The Bertz CT molecular complexity index is 599. The Morgan fingerprint density at radius 2 is 1.77 bits per heavy atom. The van der Waals surface area contributed by atoms with Crippen LogP contribution in [0.2, 0.25) is 0 Å². The van der Waals surface area contributed by atoms with Gasteiger partial charge in [-0.15, -0.1) is 0 Å². The van der Waals surface area contributed by atoms with E-state index >= 15 is 0 Å². The molecule has 2 nitrogen and oxygen atoms in total. The number of phenols is 1. The van der Waals surface area contributed by atoms with E-state index in [0.29, 0.717) is 24.6 Å². The molecular weight excluding hydrogens is 284 g/mol. The molecule has 0 fully saturated rings. The quantitative estimate of drug-likeness (QED) is 0.815. The first-order valence-electron chi connectivity index (χ1n) is 7.50. The van der Waals surface area contributed by atoms with E-state index < -0.39 is 0 Å². The van der Waals surface area contributed by atoms with Gasteiger partial charge in [0.2, 0.25) is 0 Å². The molecule has 1 atom stereocenters. The Morgan fingerprint density at radius 3 is 2.45 bits per heavy atom. The molecule has 0 radical (unpaired) electrons. The normalized spacial score (nSPS) is 12.3. The van der Waals surface area contributed by atoms with E-state index in [0.717, 1.165) is 24.5 Å². The van der Waals surface area contributed by atoms with Crippen molar-refractivity contribution < 1.29 is 13.9 Å². The van der Waals surface area contributed by atoms with Gasteiger partial charge in [0.1, 0.15) is 17.4 Å². The lowest BCUT2D eigenvalue weighted by Crippen LogP contribution is -2.28. The number of rotatable bonds is 7. The van der Waals surface area contributed by atoms with Crippen molar-refractivity contribution in [2.75, 3.05) is 6.54 Å². The fraction of sp³-hybridized carbons (Fsp3) is 0.333. The van der Waals surface area contributed by atoms with Gasteiger partial charge in [0.25, 0.3) is 0 Å². The van der Waals surface area contributed by atoms with Crippen LogP contribution in [-0.2, 0) is 12.8 Å². The summed E-state index contributed by atoms with van der Waals surface area (Å²) in [6.07, 6.45) is 2.39. The van der Waals surface area contributed by atoms with Crippen LogP contribution in [-0.4, -0.2) is 17.7 Å². The molecule has 0 amide bonds. The fourth-order valence-electron chi connectivity index (χ4n) is 2.33. The van der Waals surface area contributed by atoms with Gasteiger partial charge in [0.05, 0.1) is 0 Å². The molecule has 0 heterocycles. The molecular formula is C18H21F2NO. The number of hydrogen-bond donors (Lipinski definition) is 2. The summed E-state index contributed by atoms with van der Waals surface area (Å²) in [6.45, 7) is 2.75. The standard InChI is InChI=1S/C18H21F2NO/c1-13(2-3-14-4-7-16(19)8-5-14)21-11-10-15-6-9-17(22)12-18(15)20/h4-9,12-13,21-22H,2-3,10-11H2,1H3. The van der Waals surface area contributed by atoms with E-state index in [4.69, 9.17) is 5.11 Å². The minimum atomic E-state index is -0.374. The van der Waals surface area contributed by atoms with Crippen molar-refractivity contribution in [1.82, 2.24) is 5.32 Å². The third-order valence-electron chi connectivity index (χ3n) is 3.70. The highest BCUT2D eigenvalue weighted by Crippen LogP contribution is 2.15. The van der Waals surface area contributed by atoms with Crippen LogP contribution in [0.15, 0.2) is 42.5 Å². The van der Waals surface area contributed by atoms with Gasteiger partial charge in [-0.1, -0.05) is 18.2 Å². The Kier molecular flexibility index (Phi) is 5.90. The molecule has 0 saturated heterocycles. The van der Waals surface area contributed by atoms with Crippen LogP contribution >= 0.6 is 0 Å². The van der Waals surface area contributed by atoms with Crippen LogP contribution in [0.4, 0.5) is 8.78 Å². The lowest BCUT2D eigenvalue weighted by Gasteiger charge is -2.14. The number of nitrogens with one attached hydrogen (secondary N) is 1. The van der Waals surface area contributed by atoms with Gasteiger partial charge in [-0.2, -0.15) is 0 Å². The number of aromatic hydroxyl groups is 1. The van der Waals surface area contributed by atoms with E-state index in [1.54, 1.807) is 18.2 Å². The van der Waals surface area contributed by atoms with E-state index in [1.165, 1.54) is 18.2 Å². The predicted molar refractivity (Wildman–Crippen MR) is 84.0 cm³/mol. The molecule has 0 aliphatic carbocycles. The minimum absolute atomic E-state index is 0.0538. The Hall–Kier alpha value is -1.94. The lowest BCUT2D eigenvalue weighted by atomic mass is 10.1. The summed E-state index contributed by atoms with van der Waals surface area (Å²) in [5.74, 6) is -0.645. The van der Waals surface area contributed by atoms with E-state index in [9.17, 15) is 8.78 Å². The average molecular weight is 305 g/mol. The summed E-state index contributed by atoms with van der Waals surface area (Å²) in [4.78, 5) is 0. The number of aryl methyl sites for hydroxylation is 1. The molecule has 2 N–H and O–H groups in total. The minimum Gasteiger partial charge on any atom is -0.508 e. The largest absolute Gasteiger partial charge is 0.508 e. The monoisotopic (exact) mass is 305 g/mol. The molecule has 1 unspecified atom stereocenters. The molecule has 4 heteroatoms. The van der Waals surface area contributed by atoms with Crippen molar-refractivity contribution in [3.05, 3.63) is 65.2 Å².